The molecule has 1 aromatic carbocycles. The normalized spacial score (nSPS) is 16.3. The van der Waals surface area contributed by atoms with Crippen molar-refractivity contribution >= 4 is 11.9 Å². The molecule has 1 N–H and O–H groups in total. The number of methoxy groups -OCH3 is 1. The monoisotopic (exact) mass is 340 g/mol. The standard InChI is InChI=1S/C19H24N4O2/c1-20-17(24)14-19(15-5-3-6-16(13-15)25-2)7-11-23(12-8-19)18-21-9-4-10-22-18/h3-6,9-10,13H,7-8,11-12,14H2,1-2H3,(H,20,24). The first kappa shape index (κ1) is 17.2. The van der Waals surface area contributed by atoms with Gasteiger partial charge in [0.15, 0.2) is 0 Å². The highest BCUT2D eigenvalue weighted by Gasteiger charge is 2.38. The molecule has 132 valence electrons. The van der Waals surface area contributed by atoms with Gasteiger partial charge in [0.05, 0.1) is 7.11 Å². The third kappa shape index (κ3) is 3.73. The van der Waals surface area contributed by atoms with E-state index in [1.54, 1.807) is 26.6 Å². The second kappa shape index (κ2) is 7.51. The Bertz CT molecular complexity index is 712. The minimum absolute atomic E-state index is 0.0623. The van der Waals surface area contributed by atoms with E-state index in [2.05, 4.69) is 32.3 Å². The molecule has 6 nitrogen and oxygen atoms in total. The number of hydrogen-bond acceptors (Lipinski definition) is 5. The molecule has 2 heterocycles. The van der Waals surface area contributed by atoms with Gasteiger partial charge in [0, 0.05) is 44.4 Å². The highest BCUT2D eigenvalue weighted by atomic mass is 16.5. The van der Waals surface area contributed by atoms with Crippen molar-refractivity contribution < 1.29 is 9.53 Å². The van der Waals surface area contributed by atoms with E-state index in [9.17, 15) is 4.79 Å². The predicted molar refractivity (Wildman–Crippen MR) is 96.8 cm³/mol. The van der Waals surface area contributed by atoms with E-state index in [4.69, 9.17) is 4.74 Å². The lowest BCUT2D eigenvalue weighted by atomic mass is 9.70. The van der Waals surface area contributed by atoms with Crippen LogP contribution in [0.15, 0.2) is 42.7 Å². The summed E-state index contributed by atoms with van der Waals surface area (Å²) in [6.07, 6.45) is 5.73. The maximum Gasteiger partial charge on any atom is 0.225 e. The summed E-state index contributed by atoms with van der Waals surface area (Å²) in [6, 6.07) is 9.90. The van der Waals surface area contributed by atoms with Gasteiger partial charge >= 0.3 is 0 Å². The van der Waals surface area contributed by atoms with Gasteiger partial charge in [-0.05, 0) is 36.6 Å². The van der Waals surface area contributed by atoms with E-state index in [-0.39, 0.29) is 11.3 Å². The number of nitrogens with one attached hydrogen (secondary N) is 1. The topological polar surface area (TPSA) is 67.3 Å². The molecule has 0 aliphatic carbocycles. The first-order chi connectivity index (χ1) is 12.2. The fourth-order valence-corrected chi connectivity index (χ4v) is 3.51. The van der Waals surface area contributed by atoms with Crippen LogP contribution in [0.25, 0.3) is 0 Å². The molecule has 1 aliphatic rings. The maximum absolute atomic E-state index is 12.2. The zero-order valence-electron chi connectivity index (χ0n) is 14.7. The zero-order chi connectivity index (χ0) is 17.7. The van der Waals surface area contributed by atoms with Crippen molar-refractivity contribution in [3.8, 4) is 5.75 Å². The van der Waals surface area contributed by atoms with Gasteiger partial charge in [0.25, 0.3) is 0 Å². The Kier molecular flexibility index (Phi) is 5.16. The van der Waals surface area contributed by atoms with E-state index in [1.807, 2.05) is 18.2 Å². The Balaban J connectivity index is 1.85. The van der Waals surface area contributed by atoms with Crippen molar-refractivity contribution in [2.24, 2.45) is 0 Å². The smallest absolute Gasteiger partial charge is 0.225 e. The van der Waals surface area contributed by atoms with Gasteiger partial charge in [-0.15, -0.1) is 0 Å². The van der Waals surface area contributed by atoms with E-state index < -0.39 is 0 Å². The molecule has 2 aromatic rings. The van der Waals surface area contributed by atoms with E-state index in [0.29, 0.717) is 6.42 Å². The summed E-state index contributed by atoms with van der Waals surface area (Å²) in [5, 5.41) is 2.77. The van der Waals surface area contributed by atoms with Crippen molar-refractivity contribution in [2.75, 3.05) is 32.1 Å². The number of piperidine rings is 1. The van der Waals surface area contributed by atoms with Crippen molar-refractivity contribution in [1.82, 2.24) is 15.3 Å². The summed E-state index contributed by atoms with van der Waals surface area (Å²) < 4.78 is 5.38. The zero-order valence-corrected chi connectivity index (χ0v) is 14.7. The van der Waals surface area contributed by atoms with Crippen molar-refractivity contribution in [3.05, 3.63) is 48.3 Å². The van der Waals surface area contributed by atoms with Gasteiger partial charge in [-0.25, -0.2) is 9.97 Å². The molecule has 0 unspecified atom stereocenters. The fourth-order valence-electron chi connectivity index (χ4n) is 3.51. The predicted octanol–water partition coefficient (Wildman–Crippen LogP) is 2.16. The number of hydrogen-bond donors (Lipinski definition) is 1. The number of rotatable bonds is 5. The summed E-state index contributed by atoms with van der Waals surface area (Å²) in [5.74, 6) is 1.64. The molecule has 0 bridgehead atoms. The van der Waals surface area contributed by atoms with Crippen LogP contribution < -0.4 is 15.0 Å². The Morgan fingerprint density at radius 1 is 1.24 bits per heavy atom. The second-order valence-electron chi connectivity index (χ2n) is 6.40. The van der Waals surface area contributed by atoms with Crippen molar-refractivity contribution in [3.63, 3.8) is 0 Å². The fraction of sp³-hybridized carbons (Fsp3) is 0.421. The minimum Gasteiger partial charge on any atom is -0.497 e. The molecule has 0 atom stereocenters. The SMILES string of the molecule is CNC(=O)CC1(c2cccc(OC)c2)CCN(c2ncccn2)CC1. The maximum atomic E-state index is 12.2. The van der Waals surface area contributed by atoms with Gasteiger partial charge in [0.2, 0.25) is 11.9 Å². The Morgan fingerprint density at radius 3 is 2.60 bits per heavy atom. The largest absolute Gasteiger partial charge is 0.497 e. The number of carbonyl (C=O) groups excluding carboxylic acids is 1. The lowest BCUT2D eigenvalue weighted by Crippen LogP contribution is -2.45. The quantitative estimate of drug-likeness (QED) is 0.903. The van der Waals surface area contributed by atoms with Gasteiger partial charge in [-0.1, -0.05) is 12.1 Å². The second-order valence-corrected chi connectivity index (χ2v) is 6.40. The van der Waals surface area contributed by atoms with Gasteiger partial charge < -0.3 is 15.0 Å². The number of amides is 1. The van der Waals surface area contributed by atoms with Crippen LogP contribution in [0.4, 0.5) is 5.95 Å². The molecule has 3 rings (SSSR count). The van der Waals surface area contributed by atoms with Gasteiger partial charge in [-0.2, -0.15) is 0 Å². The number of aromatic nitrogens is 2. The van der Waals surface area contributed by atoms with Crippen LogP contribution in [0.5, 0.6) is 5.75 Å². The first-order valence-corrected chi connectivity index (χ1v) is 8.54. The van der Waals surface area contributed by atoms with Crippen molar-refractivity contribution in [2.45, 2.75) is 24.7 Å². The number of nitrogens with zero attached hydrogens (tertiary/aromatic N) is 3. The average Bonchev–Trinajstić information content (AvgIpc) is 2.69. The summed E-state index contributed by atoms with van der Waals surface area (Å²) in [7, 11) is 3.36. The molecule has 0 radical (unpaired) electrons. The van der Waals surface area contributed by atoms with Crippen LogP contribution in [-0.2, 0) is 10.2 Å². The number of ether oxygens (including phenoxy) is 1. The summed E-state index contributed by atoms with van der Waals surface area (Å²) in [5.41, 5.74) is 0.962. The van der Waals surface area contributed by atoms with Crippen LogP contribution in [0.3, 0.4) is 0 Å². The third-order valence-corrected chi connectivity index (χ3v) is 5.02. The highest BCUT2D eigenvalue weighted by Crippen LogP contribution is 2.40. The van der Waals surface area contributed by atoms with E-state index in [0.717, 1.165) is 43.2 Å². The molecule has 1 aromatic heterocycles. The molecule has 0 spiro atoms. The summed E-state index contributed by atoms with van der Waals surface area (Å²) >= 11 is 0. The number of benzene rings is 1. The molecule has 25 heavy (non-hydrogen) atoms. The Morgan fingerprint density at radius 2 is 1.96 bits per heavy atom. The number of carbonyl (C=O) groups is 1. The Hall–Kier alpha value is -2.63. The molecular formula is C19H24N4O2. The minimum atomic E-state index is -0.195. The van der Waals surface area contributed by atoms with Crippen LogP contribution in [0.1, 0.15) is 24.8 Å². The summed E-state index contributed by atoms with van der Waals surface area (Å²) in [6.45, 7) is 1.64. The van der Waals surface area contributed by atoms with Crippen LogP contribution >= 0.6 is 0 Å². The molecule has 1 amide bonds. The third-order valence-electron chi connectivity index (χ3n) is 5.02. The summed E-state index contributed by atoms with van der Waals surface area (Å²) in [4.78, 5) is 23.1. The number of anilines is 1. The first-order valence-electron chi connectivity index (χ1n) is 8.54. The molecule has 1 fully saturated rings. The Labute approximate surface area is 148 Å². The average molecular weight is 340 g/mol. The van der Waals surface area contributed by atoms with Gasteiger partial charge in [0.1, 0.15) is 5.75 Å². The van der Waals surface area contributed by atoms with Crippen molar-refractivity contribution in [1.29, 1.82) is 0 Å². The van der Waals surface area contributed by atoms with Crippen LogP contribution in [0.2, 0.25) is 0 Å². The van der Waals surface area contributed by atoms with Crippen LogP contribution in [-0.4, -0.2) is 43.1 Å². The highest BCUT2D eigenvalue weighted by molar-refractivity contribution is 5.77. The van der Waals surface area contributed by atoms with Gasteiger partial charge in [-0.3, -0.25) is 4.79 Å². The lowest BCUT2D eigenvalue weighted by Gasteiger charge is -2.42. The lowest BCUT2D eigenvalue weighted by molar-refractivity contribution is -0.122. The van der Waals surface area contributed by atoms with Crippen LogP contribution in [0, 0.1) is 0 Å². The molecule has 1 saturated heterocycles. The van der Waals surface area contributed by atoms with E-state index in [1.165, 1.54) is 0 Å². The molecule has 1 aliphatic heterocycles. The molecular weight excluding hydrogens is 316 g/mol. The molecule has 6 heteroatoms. The van der Waals surface area contributed by atoms with E-state index >= 15 is 0 Å². The molecule has 0 saturated carbocycles.